The smallest absolute Gasteiger partial charge is 0.253 e. The maximum absolute atomic E-state index is 12.8. The Labute approximate surface area is 200 Å². The number of likely N-dealkylation sites (tertiary alicyclic amines) is 1. The lowest BCUT2D eigenvalue weighted by atomic mass is 9.96. The highest BCUT2D eigenvalue weighted by atomic mass is 16.5. The van der Waals surface area contributed by atoms with Crippen molar-refractivity contribution >= 4 is 22.6 Å². The molecule has 0 radical (unpaired) electrons. The van der Waals surface area contributed by atoms with Gasteiger partial charge < -0.3 is 14.4 Å². The van der Waals surface area contributed by atoms with E-state index < -0.39 is 0 Å². The second-order valence-electron chi connectivity index (χ2n) is 9.01. The molecule has 0 spiro atoms. The Balaban J connectivity index is 1.36. The number of carbonyl (C=O) groups excluding carboxylic acids is 2. The molecule has 0 unspecified atom stereocenters. The third-order valence-corrected chi connectivity index (χ3v) is 6.74. The van der Waals surface area contributed by atoms with E-state index in [1.165, 1.54) is 0 Å². The molecule has 0 saturated carbocycles. The minimum absolute atomic E-state index is 0.0734. The number of amides is 1. The molecule has 2 heterocycles. The highest BCUT2D eigenvalue weighted by Gasteiger charge is 2.24. The molecule has 1 amide bonds. The van der Waals surface area contributed by atoms with Crippen molar-refractivity contribution in [2.45, 2.75) is 39.2 Å². The largest absolute Gasteiger partial charge is 0.497 e. The number of benzene rings is 2. The molecule has 1 aromatic heterocycles. The van der Waals surface area contributed by atoms with Crippen LogP contribution in [0.4, 0.5) is 0 Å². The van der Waals surface area contributed by atoms with Gasteiger partial charge in [0.1, 0.15) is 5.75 Å². The average molecular weight is 464 g/mol. The Kier molecular flexibility index (Phi) is 7.63. The molecule has 7 nitrogen and oxygen atoms in total. The standard InChI is InChI=1S/C27H33N3O4/c1-19-23(26(31)5-4-16-33-2)10-11-25-24(19)18-30(28-25)17-20-12-14-29(15-13-20)27(32)21-6-8-22(34-3)9-7-21/h6-11,18,20H,4-5,12-17H2,1-3H3. The zero-order valence-electron chi connectivity index (χ0n) is 20.3. The van der Waals surface area contributed by atoms with Crippen molar-refractivity contribution in [3.8, 4) is 5.75 Å². The van der Waals surface area contributed by atoms with Gasteiger partial charge in [-0.2, -0.15) is 5.10 Å². The van der Waals surface area contributed by atoms with Gasteiger partial charge in [0.2, 0.25) is 0 Å². The Hall–Kier alpha value is -3.19. The third kappa shape index (κ3) is 5.30. The molecule has 0 atom stereocenters. The number of aryl methyl sites for hydroxylation is 1. The average Bonchev–Trinajstić information content (AvgIpc) is 3.28. The van der Waals surface area contributed by atoms with Gasteiger partial charge in [-0.3, -0.25) is 14.3 Å². The summed E-state index contributed by atoms with van der Waals surface area (Å²) >= 11 is 0. The van der Waals surface area contributed by atoms with Crippen molar-refractivity contribution < 1.29 is 19.1 Å². The monoisotopic (exact) mass is 463 g/mol. The van der Waals surface area contributed by atoms with Crippen LogP contribution < -0.4 is 4.74 Å². The highest BCUT2D eigenvalue weighted by Crippen LogP contribution is 2.25. The number of ketones is 1. The molecule has 7 heteroatoms. The number of methoxy groups -OCH3 is 2. The lowest BCUT2D eigenvalue weighted by Crippen LogP contribution is -2.39. The normalized spacial score (nSPS) is 14.5. The SMILES string of the molecule is COCCCC(=O)c1ccc2nn(CC3CCN(C(=O)c4ccc(OC)cc4)CC3)cc2c1C. The number of ether oxygens (including phenoxy) is 2. The Bertz CT molecular complexity index is 1140. The predicted molar refractivity (Wildman–Crippen MR) is 132 cm³/mol. The predicted octanol–water partition coefficient (Wildman–Crippen LogP) is 4.52. The maximum Gasteiger partial charge on any atom is 0.253 e. The minimum Gasteiger partial charge on any atom is -0.497 e. The van der Waals surface area contributed by atoms with Crippen molar-refractivity contribution in [3.63, 3.8) is 0 Å². The van der Waals surface area contributed by atoms with Crippen molar-refractivity contribution in [2.75, 3.05) is 33.9 Å². The summed E-state index contributed by atoms with van der Waals surface area (Å²) in [6, 6.07) is 11.1. The molecule has 4 rings (SSSR count). The van der Waals surface area contributed by atoms with Crippen LogP contribution >= 0.6 is 0 Å². The molecule has 0 N–H and O–H groups in total. The van der Waals surface area contributed by atoms with Gasteiger partial charge >= 0.3 is 0 Å². The van der Waals surface area contributed by atoms with Crippen LogP contribution in [-0.2, 0) is 11.3 Å². The van der Waals surface area contributed by atoms with E-state index in [9.17, 15) is 9.59 Å². The first-order valence-corrected chi connectivity index (χ1v) is 11.9. The first-order chi connectivity index (χ1) is 16.5. The molecule has 2 aromatic carbocycles. The van der Waals surface area contributed by atoms with Crippen LogP contribution in [0.2, 0.25) is 0 Å². The van der Waals surface area contributed by atoms with Gasteiger partial charge in [-0.05, 0) is 74.1 Å². The molecular formula is C27H33N3O4. The quantitative estimate of drug-likeness (QED) is 0.345. The van der Waals surface area contributed by atoms with E-state index in [1.807, 2.05) is 52.9 Å². The number of rotatable bonds is 9. The van der Waals surface area contributed by atoms with Crippen molar-refractivity contribution in [3.05, 3.63) is 59.3 Å². The molecule has 1 aliphatic heterocycles. The summed E-state index contributed by atoms with van der Waals surface area (Å²) in [6.07, 6.45) is 5.17. The fourth-order valence-corrected chi connectivity index (χ4v) is 4.69. The maximum atomic E-state index is 12.8. The Morgan fingerprint density at radius 1 is 1.06 bits per heavy atom. The summed E-state index contributed by atoms with van der Waals surface area (Å²) in [6.45, 7) is 4.90. The fourth-order valence-electron chi connectivity index (χ4n) is 4.69. The molecule has 34 heavy (non-hydrogen) atoms. The van der Waals surface area contributed by atoms with Crippen molar-refractivity contribution in [2.24, 2.45) is 5.92 Å². The van der Waals surface area contributed by atoms with Crippen LogP contribution in [0.25, 0.3) is 10.9 Å². The lowest BCUT2D eigenvalue weighted by molar-refractivity contribution is 0.0681. The van der Waals surface area contributed by atoms with Gasteiger partial charge in [-0.25, -0.2) is 0 Å². The van der Waals surface area contributed by atoms with Crippen LogP contribution in [0.1, 0.15) is 52.0 Å². The van der Waals surface area contributed by atoms with E-state index in [-0.39, 0.29) is 11.7 Å². The first-order valence-electron chi connectivity index (χ1n) is 11.9. The van der Waals surface area contributed by atoms with E-state index in [0.717, 1.165) is 66.7 Å². The molecule has 0 aliphatic carbocycles. The van der Waals surface area contributed by atoms with E-state index in [1.54, 1.807) is 14.2 Å². The molecule has 3 aromatic rings. The second-order valence-corrected chi connectivity index (χ2v) is 9.01. The lowest BCUT2D eigenvalue weighted by Gasteiger charge is -2.32. The van der Waals surface area contributed by atoms with Gasteiger partial charge in [0.15, 0.2) is 5.78 Å². The molecule has 180 valence electrons. The van der Waals surface area contributed by atoms with E-state index in [2.05, 4.69) is 6.20 Å². The third-order valence-electron chi connectivity index (χ3n) is 6.74. The number of hydrogen-bond acceptors (Lipinski definition) is 5. The van der Waals surface area contributed by atoms with Crippen LogP contribution in [-0.4, -0.2) is 60.3 Å². The number of Topliss-reactive ketones (excluding diaryl/α,β-unsaturated/α-hetero) is 1. The van der Waals surface area contributed by atoms with Gasteiger partial charge in [-0.1, -0.05) is 0 Å². The molecule has 1 saturated heterocycles. The highest BCUT2D eigenvalue weighted by molar-refractivity contribution is 6.01. The summed E-state index contributed by atoms with van der Waals surface area (Å²) in [5.41, 5.74) is 3.37. The van der Waals surface area contributed by atoms with Crippen LogP contribution in [0.3, 0.4) is 0 Å². The topological polar surface area (TPSA) is 73.7 Å². The van der Waals surface area contributed by atoms with E-state index >= 15 is 0 Å². The number of piperidine rings is 1. The molecule has 1 fully saturated rings. The van der Waals surface area contributed by atoms with Crippen LogP contribution in [0.5, 0.6) is 5.75 Å². The molecular weight excluding hydrogens is 430 g/mol. The summed E-state index contributed by atoms with van der Waals surface area (Å²) in [7, 11) is 3.27. The molecule has 0 bridgehead atoms. The summed E-state index contributed by atoms with van der Waals surface area (Å²) < 4.78 is 12.2. The van der Waals surface area contributed by atoms with E-state index in [4.69, 9.17) is 14.6 Å². The van der Waals surface area contributed by atoms with Crippen LogP contribution in [0, 0.1) is 12.8 Å². The van der Waals surface area contributed by atoms with Crippen molar-refractivity contribution in [1.29, 1.82) is 0 Å². The number of aromatic nitrogens is 2. The summed E-state index contributed by atoms with van der Waals surface area (Å²) in [4.78, 5) is 27.4. The van der Waals surface area contributed by atoms with Crippen molar-refractivity contribution in [1.82, 2.24) is 14.7 Å². The van der Waals surface area contributed by atoms with E-state index in [0.29, 0.717) is 24.5 Å². The zero-order chi connectivity index (χ0) is 24.1. The second kappa shape index (κ2) is 10.8. The number of hydrogen-bond donors (Lipinski definition) is 0. The minimum atomic E-state index is 0.0734. The number of carbonyl (C=O) groups is 2. The van der Waals surface area contributed by atoms with Gasteiger partial charge in [0.05, 0.1) is 12.6 Å². The molecule has 1 aliphatic rings. The Morgan fingerprint density at radius 2 is 1.79 bits per heavy atom. The summed E-state index contributed by atoms with van der Waals surface area (Å²) in [5.74, 6) is 1.44. The van der Waals surface area contributed by atoms with Gasteiger partial charge in [0, 0.05) is 62.5 Å². The van der Waals surface area contributed by atoms with Gasteiger partial charge in [-0.15, -0.1) is 0 Å². The Morgan fingerprint density at radius 3 is 2.47 bits per heavy atom. The number of fused-ring (bicyclic) bond motifs is 1. The van der Waals surface area contributed by atoms with Crippen LogP contribution in [0.15, 0.2) is 42.6 Å². The zero-order valence-corrected chi connectivity index (χ0v) is 20.3. The fraction of sp³-hybridized carbons (Fsp3) is 0.444. The number of nitrogens with zero attached hydrogens (tertiary/aromatic N) is 3. The summed E-state index contributed by atoms with van der Waals surface area (Å²) in [5, 5.41) is 5.79. The first kappa shape index (κ1) is 24.0. The van der Waals surface area contributed by atoms with Gasteiger partial charge in [0.25, 0.3) is 5.91 Å².